The van der Waals surface area contributed by atoms with Gasteiger partial charge in [0.25, 0.3) is 0 Å². The van der Waals surface area contributed by atoms with E-state index in [1.165, 1.54) is 4.90 Å². The number of likely N-dealkylation sites (N-methyl/N-ethyl adjacent to an activating group) is 1. The first-order chi connectivity index (χ1) is 9.85. The van der Waals surface area contributed by atoms with Gasteiger partial charge in [-0.3, -0.25) is 9.59 Å². The van der Waals surface area contributed by atoms with Gasteiger partial charge in [-0.2, -0.15) is 0 Å². The molecule has 1 fully saturated rings. The predicted octanol–water partition coefficient (Wildman–Crippen LogP) is 1.31. The molecule has 0 aromatic heterocycles. The van der Waals surface area contributed by atoms with Crippen molar-refractivity contribution in [3.05, 3.63) is 0 Å². The first-order valence-corrected chi connectivity index (χ1v) is 7.82. The summed E-state index contributed by atoms with van der Waals surface area (Å²) in [5.74, 6) is -0.400. The quantitative estimate of drug-likeness (QED) is 0.783. The highest BCUT2D eigenvalue weighted by molar-refractivity contribution is 5.92. The molecule has 2 unspecified atom stereocenters. The summed E-state index contributed by atoms with van der Waals surface area (Å²) in [5, 5.41) is 2.84. The van der Waals surface area contributed by atoms with E-state index < -0.39 is 11.0 Å². The Bertz CT molecular complexity index is 448. The summed E-state index contributed by atoms with van der Waals surface area (Å²) in [6.45, 7) is 12.1. The number of ether oxygens (including phenoxy) is 1. The molecule has 1 aliphatic carbocycles. The van der Waals surface area contributed by atoms with Gasteiger partial charge < -0.3 is 20.7 Å². The van der Waals surface area contributed by atoms with E-state index in [4.69, 9.17) is 10.5 Å². The second-order valence-corrected chi connectivity index (χ2v) is 7.80. The maximum absolute atomic E-state index is 12.7. The van der Waals surface area contributed by atoms with Gasteiger partial charge in [-0.15, -0.1) is 12.4 Å². The minimum atomic E-state index is -0.983. The number of carbonyl (C=O) groups excluding carboxylic acids is 2. The third-order valence-electron chi connectivity index (χ3n) is 4.45. The lowest BCUT2D eigenvalue weighted by atomic mass is 9.54. The minimum Gasteiger partial charge on any atom is -0.378 e. The molecule has 1 aliphatic rings. The van der Waals surface area contributed by atoms with Crippen LogP contribution in [0.4, 0.5) is 0 Å². The van der Waals surface area contributed by atoms with Gasteiger partial charge in [-0.05, 0) is 27.7 Å². The highest BCUT2D eigenvalue weighted by Gasteiger charge is 2.63. The van der Waals surface area contributed by atoms with Crippen LogP contribution in [0.25, 0.3) is 0 Å². The molecule has 0 heterocycles. The molecule has 0 aromatic carbocycles. The standard InChI is InChI=1S/C16H31N3O3.ClH/c1-8-22-11-9-16(17,15(11,5)6)13(21)19(7)10-12(20)18-14(2,3)4;/h11H,8-10,17H2,1-7H3,(H,18,20);1H. The lowest BCUT2D eigenvalue weighted by Crippen LogP contribution is -2.76. The minimum absolute atomic E-state index is 0. The molecule has 0 aliphatic heterocycles. The van der Waals surface area contributed by atoms with E-state index in [0.717, 1.165) is 0 Å². The summed E-state index contributed by atoms with van der Waals surface area (Å²) in [5.41, 5.74) is 4.59. The molecule has 3 N–H and O–H groups in total. The van der Waals surface area contributed by atoms with E-state index in [9.17, 15) is 9.59 Å². The fourth-order valence-corrected chi connectivity index (χ4v) is 2.88. The summed E-state index contributed by atoms with van der Waals surface area (Å²) < 4.78 is 5.64. The van der Waals surface area contributed by atoms with Crippen molar-refractivity contribution in [2.45, 2.75) is 65.1 Å². The zero-order valence-electron chi connectivity index (χ0n) is 15.4. The van der Waals surface area contributed by atoms with Gasteiger partial charge in [0.2, 0.25) is 11.8 Å². The normalized spacial score (nSPS) is 25.8. The Morgan fingerprint density at radius 3 is 2.26 bits per heavy atom. The largest absolute Gasteiger partial charge is 0.378 e. The van der Waals surface area contributed by atoms with Crippen LogP contribution in [0.2, 0.25) is 0 Å². The molecule has 23 heavy (non-hydrogen) atoms. The topological polar surface area (TPSA) is 84.7 Å². The van der Waals surface area contributed by atoms with Crippen molar-refractivity contribution in [1.82, 2.24) is 10.2 Å². The van der Waals surface area contributed by atoms with Gasteiger partial charge in [0, 0.05) is 31.0 Å². The molecule has 136 valence electrons. The highest BCUT2D eigenvalue weighted by Crippen LogP contribution is 2.50. The maximum Gasteiger partial charge on any atom is 0.243 e. The van der Waals surface area contributed by atoms with E-state index in [1.807, 2.05) is 41.5 Å². The molecule has 2 amide bonds. The zero-order chi connectivity index (χ0) is 17.3. The van der Waals surface area contributed by atoms with Crippen molar-refractivity contribution >= 4 is 24.2 Å². The molecule has 0 bridgehead atoms. The lowest BCUT2D eigenvalue weighted by Gasteiger charge is -2.58. The van der Waals surface area contributed by atoms with Gasteiger partial charge in [0.1, 0.15) is 5.54 Å². The highest BCUT2D eigenvalue weighted by atomic mass is 35.5. The smallest absolute Gasteiger partial charge is 0.243 e. The number of halogens is 1. The van der Waals surface area contributed by atoms with Gasteiger partial charge in [0.15, 0.2) is 0 Å². The van der Waals surface area contributed by atoms with Crippen molar-refractivity contribution in [3.63, 3.8) is 0 Å². The monoisotopic (exact) mass is 349 g/mol. The van der Waals surface area contributed by atoms with Crippen molar-refractivity contribution in [2.75, 3.05) is 20.2 Å². The van der Waals surface area contributed by atoms with Crippen LogP contribution in [0, 0.1) is 5.41 Å². The summed E-state index contributed by atoms with van der Waals surface area (Å²) in [6.07, 6.45) is 0.459. The third kappa shape index (κ3) is 4.58. The summed E-state index contributed by atoms with van der Waals surface area (Å²) >= 11 is 0. The molecular weight excluding hydrogens is 318 g/mol. The molecule has 0 spiro atoms. The average molecular weight is 350 g/mol. The molecule has 2 atom stereocenters. The molecule has 0 radical (unpaired) electrons. The number of hydrogen-bond donors (Lipinski definition) is 2. The fourth-order valence-electron chi connectivity index (χ4n) is 2.88. The van der Waals surface area contributed by atoms with E-state index in [-0.39, 0.29) is 42.4 Å². The summed E-state index contributed by atoms with van der Waals surface area (Å²) in [4.78, 5) is 26.1. The van der Waals surface area contributed by atoms with Crippen LogP contribution in [0.15, 0.2) is 0 Å². The van der Waals surface area contributed by atoms with Crippen molar-refractivity contribution in [2.24, 2.45) is 11.1 Å². The molecule has 0 saturated heterocycles. The SMILES string of the molecule is CCOC1CC(N)(C(=O)N(C)CC(=O)NC(C)(C)C)C1(C)C.Cl. The second-order valence-electron chi connectivity index (χ2n) is 7.80. The van der Waals surface area contributed by atoms with Gasteiger partial charge in [-0.1, -0.05) is 13.8 Å². The third-order valence-corrected chi connectivity index (χ3v) is 4.45. The molecule has 7 heteroatoms. The zero-order valence-corrected chi connectivity index (χ0v) is 16.2. The predicted molar refractivity (Wildman–Crippen MR) is 93.5 cm³/mol. The van der Waals surface area contributed by atoms with Crippen LogP contribution in [-0.4, -0.2) is 54.1 Å². The number of nitrogens with two attached hydrogens (primary N) is 1. The molecule has 1 rings (SSSR count). The van der Waals surface area contributed by atoms with Crippen LogP contribution < -0.4 is 11.1 Å². The molecule has 1 saturated carbocycles. The first-order valence-electron chi connectivity index (χ1n) is 7.82. The van der Waals surface area contributed by atoms with Crippen LogP contribution in [-0.2, 0) is 14.3 Å². The van der Waals surface area contributed by atoms with Gasteiger partial charge in [0.05, 0.1) is 12.6 Å². The Morgan fingerprint density at radius 1 is 1.35 bits per heavy atom. The second kappa shape index (κ2) is 7.36. The number of hydrogen-bond acceptors (Lipinski definition) is 4. The molecular formula is C16H32ClN3O3. The maximum atomic E-state index is 12.7. The number of nitrogens with one attached hydrogen (secondary N) is 1. The molecule has 6 nitrogen and oxygen atoms in total. The number of nitrogens with zero attached hydrogens (tertiary/aromatic N) is 1. The van der Waals surface area contributed by atoms with E-state index >= 15 is 0 Å². The molecule has 0 aromatic rings. The van der Waals surface area contributed by atoms with Gasteiger partial charge >= 0.3 is 0 Å². The van der Waals surface area contributed by atoms with Crippen LogP contribution in [0.5, 0.6) is 0 Å². The summed E-state index contributed by atoms with van der Waals surface area (Å²) in [6, 6.07) is 0. The first kappa shape index (κ1) is 22.1. The number of amides is 2. The van der Waals surface area contributed by atoms with E-state index in [0.29, 0.717) is 13.0 Å². The summed E-state index contributed by atoms with van der Waals surface area (Å²) in [7, 11) is 1.61. The fraction of sp³-hybridized carbons (Fsp3) is 0.875. The lowest BCUT2D eigenvalue weighted by molar-refractivity contribution is -0.178. The van der Waals surface area contributed by atoms with Crippen LogP contribution in [0.3, 0.4) is 0 Å². The Balaban J connectivity index is 0.00000484. The van der Waals surface area contributed by atoms with Crippen molar-refractivity contribution in [3.8, 4) is 0 Å². The Morgan fingerprint density at radius 2 is 1.87 bits per heavy atom. The van der Waals surface area contributed by atoms with E-state index in [2.05, 4.69) is 5.32 Å². The van der Waals surface area contributed by atoms with Crippen molar-refractivity contribution < 1.29 is 14.3 Å². The Kier molecular flexibility index (Phi) is 7.09. The average Bonchev–Trinajstić information content (AvgIpc) is 2.34. The number of rotatable bonds is 5. The Hall–Kier alpha value is -0.850. The van der Waals surface area contributed by atoms with E-state index in [1.54, 1.807) is 7.05 Å². The van der Waals surface area contributed by atoms with Crippen molar-refractivity contribution in [1.29, 1.82) is 0 Å². The Labute approximate surface area is 145 Å². The van der Waals surface area contributed by atoms with Crippen LogP contribution >= 0.6 is 12.4 Å². The number of carbonyl (C=O) groups is 2. The van der Waals surface area contributed by atoms with Crippen LogP contribution in [0.1, 0.15) is 48.0 Å². The van der Waals surface area contributed by atoms with Gasteiger partial charge in [-0.25, -0.2) is 0 Å².